The first-order valence-electron chi connectivity index (χ1n) is 6.14. The molecule has 0 amide bonds. The number of benzene rings is 1. The Bertz CT molecular complexity index is 644. The van der Waals surface area contributed by atoms with Crippen LogP contribution in [0.5, 0.6) is 0 Å². The van der Waals surface area contributed by atoms with Crippen molar-refractivity contribution in [2.24, 2.45) is 0 Å². The van der Waals surface area contributed by atoms with Gasteiger partial charge in [-0.1, -0.05) is 43.3 Å². The zero-order chi connectivity index (χ0) is 14.7. The van der Waals surface area contributed by atoms with Gasteiger partial charge in [0.2, 0.25) is 0 Å². The van der Waals surface area contributed by atoms with Gasteiger partial charge >= 0.3 is 5.97 Å². The predicted octanol–water partition coefficient (Wildman–Crippen LogP) is 4.71. The maximum atomic E-state index is 11.4. The van der Waals surface area contributed by atoms with Crippen LogP contribution in [0.1, 0.15) is 35.8 Å². The third-order valence-electron chi connectivity index (χ3n) is 2.73. The van der Waals surface area contributed by atoms with Crippen molar-refractivity contribution in [1.82, 2.24) is 4.98 Å². The van der Waals surface area contributed by atoms with Crippen LogP contribution < -0.4 is 0 Å². The molecule has 1 N–H and O–H groups in total. The fourth-order valence-electron chi connectivity index (χ4n) is 1.68. The van der Waals surface area contributed by atoms with Crippen molar-refractivity contribution >= 4 is 29.3 Å². The molecule has 2 rings (SSSR count). The minimum Gasteiger partial charge on any atom is -0.478 e. The van der Waals surface area contributed by atoms with E-state index in [9.17, 15) is 9.90 Å². The van der Waals surface area contributed by atoms with E-state index in [2.05, 4.69) is 4.98 Å². The maximum absolute atomic E-state index is 11.4. The molecule has 0 aliphatic heterocycles. The Balaban J connectivity index is 2.38. The van der Waals surface area contributed by atoms with Crippen LogP contribution >= 0.6 is 23.4 Å². The first-order valence-corrected chi connectivity index (χ1v) is 7.33. The van der Waals surface area contributed by atoms with Gasteiger partial charge in [-0.3, -0.25) is 4.98 Å². The fraction of sp³-hybridized carbons (Fsp3) is 0.200. The monoisotopic (exact) mass is 307 g/mol. The number of hydrogen-bond acceptors (Lipinski definition) is 3. The summed E-state index contributed by atoms with van der Waals surface area (Å²) in [5, 5.41) is 9.96. The molecule has 2 aromatic rings. The molecule has 1 aromatic carbocycles. The number of nitrogens with zero attached hydrogens (tertiary/aromatic N) is 1. The number of carboxylic acid groups (broad SMARTS) is 1. The summed E-state index contributed by atoms with van der Waals surface area (Å²) in [4.78, 5) is 17.2. The van der Waals surface area contributed by atoms with E-state index < -0.39 is 5.97 Å². The Labute approximate surface area is 127 Å². The molecule has 0 fully saturated rings. The summed E-state index contributed by atoms with van der Waals surface area (Å²) < 4.78 is 0. The molecule has 5 heteroatoms. The van der Waals surface area contributed by atoms with Crippen molar-refractivity contribution in [3.8, 4) is 0 Å². The van der Waals surface area contributed by atoms with Crippen LogP contribution in [0.25, 0.3) is 0 Å². The largest absolute Gasteiger partial charge is 0.478 e. The molecule has 20 heavy (non-hydrogen) atoms. The molecule has 0 saturated carbocycles. The number of pyridine rings is 1. The smallest absolute Gasteiger partial charge is 0.336 e. The van der Waals surface area contributed by atoms with Crippen molar-refractivity contribution in [3.63, 3.8) is 0 Å². The highest BCUT2D eigenvalue weighted by Crippen LogP contribution is 2.32. The van der Waals surface area contributed by atoms with E-state index in [0.717, 1.165) is 10.6 Å². The number of hydrogen-bond donors (Lipinski definition) is 1. The molecule has 0 aliphatic carbocycles. The molecule has 0 saturated heterocycles. The maximum Gasteiger partial charge on any atom is 0.336 e. The fourth-order valence-corrected chi connectivity index (χ4v) is 2.88. The van der Waals surface area contributed by atoms with Gasteiger partial charge in [-0.05, 0) is 30.2 Å². The first kappa shape index (κ1) is 14.9. The number of aromatic nitrogens is 1. The van der Waals surface area contributed by atoms with Gasteiger partial charge < -0.3 is 5.11 Å². The molecular weight excluding hydrogens is 294 g/mol. The minimum atomic E-state index is -0.946. The van der Waals surface area contributed by atoms with E-state index in [1.807, 2.05) is 26.0 Å². The van der Waals surface area contributed by atoms with Gasteiger partial charge in [0.05, 0.1) is 5.56 Å². The van der Waals surface area contributed by atoms with Gasteiger partial charge in [-0.25, -0.2) is 4.79 Å². The first-order chi connectivity index (χ1) is 9.47. The molecule has 0 bridgehead atoms. The van der Waals surface area contributed by atoms with Gasteiger partial charge in [0.25, 0.3) is 0 Å². The van der Waals surface area contributed by atoms with Crippen molar-refractivity contribution in [3.05, 3.63) is 52.8 Å². The lowest BCUT2D eigenvalue weighted by molar-refractivity contribution is 0.0692. The molecule has 0 unspecified atom stereocenters. The normalized spacial score (nSPS) is 10.8. The summed E-state index contributed by atoms with van der Waals surface area (Å²) in [6.07, 6.45) is 1.62. The topological polar surface area (TPSA) is 50.2 Å². The van der Waals surface area contributed by atoms with Gasteiger partial charge in [-0.2, -0.15) is 0 Å². The molecule has 0 spiro atoms. The van der Waals surface area contributed by atoms with Crippen LogP contribution in [0.2, 0.25) is 5.02 Å². The summed E-state index contributed by atoms with van der Waals surface area (Å²) in [6.45, 7) is 3.97. The number of carboxylic acids is 1. The quantitative estimate of drug-likeness (QED) is 0.889. The summed E-state index contributed by atoms with van der Waals surface area (Å²) in [5.74, 6) is -0.753. The highest BCUT2D eigenvalue weighted by Gasteiger charge is 2.14. The second-order valence-corrected chi connectivity index (χ2v) is 6.18. The van der Waals surface area contributed by atoms with Crippen LogP contribution in [-0.4, -0.2) is 16.1 Å². The van der Waals surface area contributed by atoms with Crippen molar-refractivity contribution in [2.75, 3.05) is 0 Å². The molecule has 0 atom stereocenters. The molecule has 104 valence electrons. The van der Waals surface area contributed by atoms with Gasteiger partial charge in [0, 0.05) is 26.7 Å². The van der Waals surface area contributed by atoms with E-state index in [0.29, 0.717) is 9.92 Å². The Morgan fingerprint density at radius 2 is 2.10 bits per heavy atom. The Morgan fingerprint density at radius 3 is 2.70 bits per heavy atom. The third kappa shape index (κ3) is 3.52. The van der Waals surface area contributed by atoms with E-state index in [1.165, 1.54) is 11.8 Å². The van der Waals surface area contributed by atoms with Crippen LogP contribution in [0, 0.1) is 0 Å². The van der Waals surface area contributed by atoms with Crippen LogP contribution in [0.15, 0.2) is 46.3 Å². The molecular formula is C15H14ClNO2S. The summed E-state index contributed by atoms with van der Waals surface area (Å²) >= 11 is 7.28. The SMILES string of the molecule is CC(C)c1cc(C(=O)O)c(Sc2cccc(Cl)c2)cn1. The Morgan fingerprint density at radius 1 is 1.35 bits per heavy atom. The molecule has 3 nitrogen and oxygen atoms in total. The minimum absolute atomic E-state index is 0.193. The summed E-state index contributed by atoms with van der Waals surface area (Å²) in [7, 11) is 0. The van der Waals surface area contributed by atoms with Crippen molar-refractivity contribution in [2.45, 2.75) is 29.6 Å². The van der Waals surface area contributed by atoms with Crippen LogP contribution in [0.3, 0.4) is 0 Å². The second kappa shape index (κ2) is 6.29. The van der Waals surface area contributed by atoms with E-state index in [4.69, 9.17) is 11.6 Å². The molecule has 0 radical (unpaired) electrons. The lowest BCUT2D eigenvalue weighted by atomic mass is 10.1. The standard InChI is InChI=1S/C15H14ClNO2S/c1-9(2)13-7-12(15(18)19)14(8-17-13)20-11-5-3-4-10(16)6-11/h3-9H,1-2H3,(H,18,19). The van der Waals surface area contributed by atoms with Gasteiger partial charge in [0.1, 0.15) is 0 Å². The lowest BCUT2D eigenvalue weighted by Crippen LogP contribution is -2.03. The predicted molar refractivity (Wildman–Crippen MR) is 80.9 cm³/mol. The summed E-state index contributed by atoms with van der Waals surface area (Å²) in [5.41, 5.74) is 1.05. The van der Waals surface area contributed by atoms with Crippen LogP contribution in [0.4, 0.5) is 0 Å². The number of rotatable bonds is 4. The van der Waals surface area contributed by atoms with E-state index >= 15 is 0 Å². The van der Waals surface area contributed by atoms with Crippen LogP contribution in [-0.2, 0) is 0 Å². The summed E-state index contributed by atoms with van der Waals surface area (Å²) in [6, 6.07) is 8.94. The molecule has 1 heterocycles. The lowest BCUT2D eigenvalue weighted by Gasteiger charge is -2.10. The number of halogens is 1. The zero-order valence-electron chi connectivity index (χ0n) is 11.1. The molecule has 0 aliphatic rings. The van der Waals surface area contributed by atoms with Gasteiger partial charge in [-0.15, -0.1) is 0 Å². The van der Waals surface area contributed by atoms with Gasteiger partial charge in [0.15, 0.2) is 0 Å². The average molecular weight is 308 g/mol. The Hall–Kier alpha value is -1.52. The highest BCUT2D eigenvalue weighted by molar-refractivity contribution is 7.99. The molecule has 1 aromatic heterocycles. The third-order valence-corrected chi connectivity index (χ3v) is 4.00. The van der Waals surface area contributed by atoms with E-state index in [-0.39, 0.29) is 11.5 Å². The van der Waals surface area contributed by atoms with Crippen molar-refractivity contribution < 1.29 is 9.90 Å². The van der Waals surface area contributed by atoms with Crippen molar-refractivity contribution in [1.29, 1.82) is 0 Å². The number of carbonyl (C=O) groups is 1. The van der Waals surface area contributed by atoms with E-state index in [1.54, 1.807) is 24.4 Å². The second-order valence-electron chi connectivity index (χ2n) is 4.62. The average Bonchev–Trinajstić information content (AvgIpc) is 2.38. The number of aromatic carboxylic acids is 1. The zero-order valence-corrected chi connectivity index (χ0v) is 12.7. The Kier molecular flexibility index (Phi) is 4.68. The highest BCUT2D eigenvalue weighted by atomic mass is 35.5.